The Morgan fingerprint density at radius 3 is 2.47 bits per heavy atom. The van der Waals surface area contributed by atoms with E-state index in [9.17, 15) is 24.5 Å². The number of amides is 2. The van der Waals surface area contributed by atoms with Gasteiger partial charge in [-0.25, -0.2) is 10.5 Å². The second kappa shape index (κ2) is 9.83. The van der Waals surface area contributed by atoms with Crippen molar-refractivity contribution in [3.63, 3.8) is 0 Å². The van der Waals surface area contributed by atoms with Gasteiger partial charge in [0.25, 0.3) is 17.4 Å². The van der Waals surface area contributed by atoms with Crippen LogP contribution < -0.4 is 16.3 Å². The number of nitrogens with zero attached hydrogens (tertiary/aromatic N) is 3. The van der Waals surface area contributed by atoms with Crippen molar-refractivity contribution in [2.24, 2.45) is 5.10 Å². The van der Waals surface area contributed by atoms with Crippen molar-refractivity contribution < 1.29 is 14.5 Å². The molecule has 4 aromatic rings. The summed E-state index contributed by atoms with van der Waals surface area (Å²) in [6, 6.07) is 16.4. The van der Waals surface area contributed by atoms with E-state index in [1.807, 2.05) is 0 Å². The van der Waals surface area contributed by atoms with Gasteiger partial charge in [0.1, 0.15) is 5.69 Å². The Balaban J connectivity index is 1.65. The van der Waals surface area contributed by atoms with Gasteiger partial charge in [-0.2, -0.15) is 10.2 Å². The summed E-state index contributed by atoms with van der Waals surface area (Å²) < 4.78 is 0. The third kappa shape index (κ3) is 4.86. The van der Waals surface area contributed by atoms with Gasteiger partial charge in [0.2, 0.25) is 0 Å². The molecule has 4 rings (SSSR count). The van der Waals surface area contributed by atoms with E-state index in [-0.39, 0.29) is 10.7 Å². The molecule has 2 aromatic heterocycles. The molecular weight excluding hydrogens is 460 g/mol. The van der Waals surface area contributed by atoms with Crippen molar-refractivity contribution in [3.8, 4) is 0 Å². The van der Waals surface area contributed by atoms with Crippen LogP contribution >= 0.6 is 11.3 Å². The minimum Gasteiger partial charge on any atom is -0.335 e. The van der Waals surface area contributed by atoms with Crippen molar-refractivity contribution in [3.05, 3.63) is 103 Å². The molecule has 0 bridgehead atoms. The molecule has 0 aliphatic carbocycles. The molecular formula is C22H16N6O5S. The van der Waals surface area contributed by atoms with E-state index in [0.29, 0.717) is 21.2 Å². The highest BCUT2D eigenvalue weighted by Crippen LogP contribution is 2.23. The van der Waals surface area contributed by atoms with Gasteiger partial charge in [-0.3, -0.25) is 24.5 Å². The van der Waals surface area contributed by atoms with Crippen LogP contribution in [-0.4, -0.2) is 33.1 Å². The summed E-state index contributed by atoms with van der Waals surface area (Å²) in [5.74, 6) is -1.26. The molecule has 12 heteroatoms. The second-order valence-corrected chi connectivity index (χ2v) is 8.02. The molecule has 170 valence electrons. The molecule has 2 amide bonds. The molecule has 34 heavy (non-hydrogen) atoms. The molecule has 0 radical (unpaired) electrons. The van der Waals surface area contributed by atoms with Crippen molar-refractivity contribution >= 4 is 45.1 Å². The fourth-order valence-electron chi connectivity index (χ4n) is 3.15. The molecule has 0 fully saturated rings. The Morgan fingerprint density at radius 2 is 1.76 bits per heavy atom. The zero-order chi connectivity index (χ0) is 24.1. The molecule has 1 unspecified atom stereocenters. The quantitative estimate of drug-likeness (QED) is 0.211. The lowest BCUT2D eigenvalue weighted by Crippen LogP contribution is -2.40. The van der Waals surface area contributed by atoms with Gasteiger partial charge in [-0.15, -0.1) is 0 Å². The maximum atomic E-state index is 13.1. The number of fused-ring (bicyclic) bond motifs is 1. The lowest BCUT2D eigenvalue weighted by molar-refractivity contribution is -0.380. The van der Waals surface area contributed by atoms with Crippen molar-refractivity contribution in [2.75, 3.05) is 0 Å². The normalized spacial score (nSPS) is 11.9. The summed E-state index contributed by atoms with van der Waals surface area (Å²) in [7, 11) is 0. The van der Waals surface area contributed by atoms with E-state index in [1.54, 1.807) is 54.6 Å². The summed E-state index contributed by atoms with van der Waals surface area (Å²) in [5.41, 5.74) is 2.33. The minimum atomic E-state index is -1.30. The number of rotatable bonds is 7. The Bertz CT molecular complexity index is 1460. The number of carbonyl (C=O) groups excluding carboxylic acids is 2. The second-order valence-electron chi connectivity index (χ2n) is 6.92. The molecule has 0 saturated heterocycles. The number of H-pyrrole nitrogens is 1. The number of hydrazone groups is 1. The van der Waals surface area contributed by atoms with Crippen LogP contribution in [0.4, 0.5) is 5.00 Å². The molecule has 3 N–H and O–H groups in total. The fourth-order valence-corrected chi connectivity index (χ4v) is 3.85. The van der Waals surface area contributed by atoms with Crippen LogP contribution in [0.15, 0.2) is 76.6 Å². The third-order valence-electron chi connectivity index (χ3n) is 4.73. The molecule has 0 aliphatic heterocycles. The van der Waals surface area contributed by atoms with E-state index < -0.39 is 28.3 Å². The van der Waals surface area contributed by atoms with Gasteiger partial charge in [0, 0.05) is 17.0 Å². The van der Waals surface area contributed by atoms with Crippen molar-refractivity contribution in [1.29, 1.82) is 0 Å². The maximum absolute atomic E-state index is 13.1. The van der Waals surface area contributed by atoms with Crippen LogP contribution in [0.25, 0.3) is 10.8 Å². The lowest BCUT2D eigenvalue weighted by atomic mass is 10.0. The van der Waals surface area contributed by atoms with Crippen LogP contribution in [0.2, 0.25) is 0 Å². The average molecular weight is 476 g/mol. The van der Waals surface area contributed by atoms with Crippen LogP contribution in [0.1, 0.15) is 27.0 Å². The minimum absolute atomic E-state index is 0.0651. The smallest absolute Gasteiger partial charge is 0.324 e. The highest BCUT2D eigenvalue weighted by molar-refractivity contribution is 7.16. The molecule has 11 nitrogen and oxygen atoms in total. The molecule has 2 heterocycles. The van der Waals surface area contributed by atoms with Gasteiger partial charge in [-0.1, -0.05) is 47.7 Å². The lowest BCUT2D eigenvalue weighted by Gasteiger charge is -2.18. The van der Waals surface area contributed by atoms with Crippen molar-refractivity contribution in [2.45, 2.75) is 6.04 Å². The van der Waals surface area contributed by atoms with Gasteiger partial charge in [0.05, 0.1) is 21.4 Å². The first kappa shape index (κ1) is 22.5. The number of aromatic amines is 1. The van der Waals surface area contributed by atoms with Gasteiger partial charge in [-0.05, 0) is 24.3 Å². The Morgan fingerprint density at radius 1 is 1.06 bits per heavy atom. The summed E-state index contributed by atoms with van der Waals surface area (Å²) >= 11 is 0.887. The largest absolute Gasteiger partial charge is 0.335 e. The zero-order valence-electron chi connectivity index (χ0n) is 17.3. The first-order chi connectivity index (χ1) is 16.4. The van der Waals surface area contributed by atoms with E-state index in [0.717, 1.165) is 11.3 Å². The maximum Gasteiger partial charge on any atom is 0.324 e. The number of hydrogen-bond acceptors (Lipinski definition) is 8. The number of thiophene rings is 1. The summed E-state index contributed by atoms with van der Waals surface area (Å²) in [6.45, 7) is 0. The van der Waals surface area contributed by atoms with E-state index >= 15 is 0 Å². The number of nitrogens with one attached hydrogen (secondary N) is 3. The number of hydrogen-bond donors (Lipinski definition) is 3. The van der Waals surface area contributed by atoms with E-state index in [4.69, 9.17) is 0 Å². The third-order valence-corrected chi connectivity index (χ3v) is 5.70. The Labute approximate surface area is 195 Å². The molecule has 0 aliphatic rings. The summed E-state index contributed by atoms with van der Waals surface area (Å²) in [5, 5.41) is 24.3. The topological polar surface area (TPSA) is 159 Å². The van der Waals surface area contributed by atoms with E-state index in [2.05, 4.69) is 26.0 Å². The Kier molecular flexibility index (Phi) is 6.50. The average Bonchev–Trinajstić information content (AvgIpc) is 3.33. The predicted molar refractivity (Wildman–Crippen MR) is 126 cm³/mol. The van der Waals surface area contributed by atoms with Gasteiger partial charge >= 0.3 is 5.00 Å². The number of nitro groups is 1. The molecule has 1 atom stereocenters. The number of aromatic nitrogens is 2. The standard InChI is InChI=1S/C22H16N6O5S/c29-20(13-6-2-1-3-7-13)24-19(18-15-8-4-5-9-16(15)21(30)27-25-18)22(31)26-23-12-14-10-11-17(34-14)28(32)33/h1-12,19H,(H,24,29)(H,26,31)(H,27,30). The summed E-state index contributed by atoms with van der Waals surface area (Å²) in [6.07, 6.45) is 1.25. The molecule has 0 spiro atoms. The SMILES string of the molecule is O=C(NC(C(=O)NN=Cc1ccc([N+](=O)[O-])s1)c1n[nH]c(=O)c2ccccc12)c1ccccc1. The summed E-state index contributed by atoms with van der Waals surface area (Å²) in [4.78, 5) is 48.8. The number of benzene rings is 2. The highest BCUT2D eigenvalue weighted by atomic mass is 32.1. The first-order valence-electron chi connectivity index (χ1n) is 9.84. The van der Waals surface area contributed by atoms with Crippen LogP contribution in [0, 0.1) is 10.1 Å². The van der Waals surface area contributed by atoms with Crippen molar-refractivity contribution in [1.82, 2.24) is 20.9 Å². The molecule has 2 aromatic carbocycles. The van der Waals surface area contributed by atoms with Crippen LogP contribution in [0.3, 0.4) is 0 Å². The number of carbonyl (C=O) groups is 2. The van der Waals surface area contributed by atoms with Crippen LogP contribution in [0.5, 0.6) is 0 Å². The molecule has 0 saturated carbocycles. The monoisotopic (exact) mass is 476 g/mol. The van der Waals surface area contributed by atoms with E-state index in [1.165, 1.54) is 18.3 Å². The fraction of sp³-hybridized carbons (Fsp3) is 0.0455. The van der Waals surface area contributed by atoms with Gasteiger partial charge in [0.15, 0.2) is 6.04 Å². The van der Waals surface area contributed by atoms with Gasteiger partial charge < -0.3 is 5.32 Å². The van der Waals surface area contributed by atoms with Crippen LogP contribution in [-0.2, 0) is 4.79 Å². The first-order valence-corrected chi connectivity index (χ1v) is 10.7. The zero-order valence-corrected chi connectivity index (χ0v) is 18.1. The Hall–Kier alpha value is -4.71. The highest BCUT2D eigenvalue weighted by Gasteiger charge is 2.27. The predicted octanol–water partition coefficient (Wildman–Crippen LogP) is 2.51.